The SMILES string of the molecule is CCCc1cc(=O)n2nc(NCC(C)(O)c3ccco3)sc2n1. The minimum Gasteiger partial charge on any atom is -0.466 e. The molecule has 1 unspecified atom stereocenters. The Kier molecular flexibility index (Phi) is 4.18. The lowest BCUT2D eigenvalue weighted by atomic mass is 10.0. The maximum Gasteiger partial charge on any atom is 0.275 e. The number of aromatic nitrogens is 3. The van der Waals surface area contributed by atoms with Crippen molar-refractivity contribution in [1.82, 2.24) is 14.6 Å². The molecule has 122 valence electrons. The second-order valence-electron chi connectivity index (χ2n) is 5.54. The maximum absolute atomic E-state index is 12.1. The van der Waals surface area contributed by atoms with Crippen molar-refractivity contribution in [2.75, 3.05) is 11.9 Å². The van der Waals surface area contributed by atoms with Gasteiger partial charge in [0.05, 0.1) is 12.8 Å². The summed E-state index contributed by atoms with van der Waals surface area (Å²) in [5.74, 6) is 0.464. The smallest absolute Gasteiger partial charge is 0.275 e. The summed E-state index contributed by atoms with van der Waals surface area (Å²) in [5.41, 5.74) is -0.594. The van der Waals surface area contributed by atoms with Crippen LogP contribution in [-0.4, -0.2) is 26.2 Å². The molecule has 0 radical (unpaired) electrons. The molecule has 0 aliphatic rings. The zero-order chi connectivity index (χ0) is 16.4. The quantitative estimate of drug-likeness (QED) is 0.716. The van der Waals surface area contributed by atoms with Gasteiger partial charge in [-0.3, -0.25) is 4.79 Å². The molecule has 8 heteroatoms. The van der Waals surface area contributed by atoms with Crippen LogP contribution in [0, 0.1) is 0 Å². The van der Waals surface area contributed by atoms with Crippen LogP contribution in [0.25, 0.3) is 4.96 Å². The van der Waals surface area contributed by atoms with Crippen molar-refractivity contribution in [3.05, 3.63) is 46.3 Å². The van der Waals surface area contributed by atoms with E-state index in [-0.39, 0.29) is 12.1 Å². The fourth-order valence-electron chi connectivity index (χ4n) is 2.23. The van der Waals surface area contributed by atoms with E-state index in [0.29, 0.717) is 15.9 Å². The van der Waals surface area contributed by atoms with E-state index in [2.05, 4.69) is 15.4 Å². The van der Waals surface area contributed by atoms with Crippen LogP contribution < -0.4 is 10.9 Å². The van der Waals surface area contributed by atoms with E-state index in [1.165, 1.54) is 28.2 Å². The molecule has 0 saturated carbocycles. The van der Waals surface area contributed by atoms with Gasteiger partial charge in [0.25, 0.3) is 5.56 Å². The standard InChI is InChI=1S/C15H18N4O3S/c1-3-5-10-8-12(20)19-14(17-10)23-13(18-19)16-9-15(2,21)11-6-4-7-22-11/h4,6-8,21H,3,5,9H2,1-2H3,(H,16,18). The molecule has 3 rings (SSSR count). The normalized spacial score (nSPS) is 14.0. The molecule has 3 heterocycles. The molecular weight excluding hydrogens is 316 g/mol. The first-order valence-corrected chi connectivity index (χ1v) is 8.21. The van der Waals surface area contributed by atoms with Crippen LogP contribution in [0.5, 0.6) is 0 Å². The molecule has 0 aliphatic heterocycles. The molecule has 23 heavy (non-hydrogen) atoms. The zero-order valence-electron chi connectivity index (χ0n) is 12.9. The van der Waals surface area contributed by atoms with Crippen LogP contribution in [0.3, 0.4) is 0 Å². The summed E-state index contributed by atoms with van der Waals surface area (Å²) in [6.07, 6.45) is 3.21. The number of rotatable bonds is 6. The van der Waals surface area contributed by atoms with Gasteiger partial charge in [-0.25, -0.2) is 4.98 Å². The summed E-state index contributed by atoms with van der Waals surface area (Å²) in [6, 6.07) is 4.95. The second-order valence-corrected chi connectivity index (χ2v) is 6.50. The molecule has 0 fully saturated rings. The number of hydrogen-bond acceptors (Lipinski definition) is 7. The Morgan fingerprint density at radius 2 is 2.35 bits per heavy atom. The van der Waals surface area contributed by atoms with Crippen molar-refractivity contribution in [3.63, 3.8) is 0 Å². The van der Waals surface area contributed by atoms with E-state index in [0.717, 1.165) is 18.5 Å². The molecule has 0 aliphatic carbocycles. The van der Waals surface area contributed by atoms with Crippen LogP contribution in [0.4, 0.5) is 5.13 Å². The number of nitrogens with one attached hydrogen (secondary N) is 1. The molecule has 3 aromatic heterocycles. The molecule has 3 aromatic rings. The van der Waals surface area contributed by atoms with Crippen LogP contribution in [0.1, 0.15) is 31.7 Å². The molecule has 2 N–H and O–H groups in total. The largest absolute Gasteiger partial charge is 0.466 e. The van der Waals surface area contributed by atoms with Crippen LogP contribution in [0.15, 0.2) is 33.7 Å². The lowest BCUT2D eigenvalue weighted by Crippen LogP contribution is -2.30. The Morgan fingerprint density at radius 3 is 3.04 bits per heavy atom. The third kappa shape index (κ3) is 3.27. The first-order valence-electron chi connectivity index (χ1n) is 7.39. The minimum atomic E-state index is -1.17. The predicted octanol–water partition coefficient (Wildman–Crippen LogP) is 2.02. The summed E-state index contributed by atoms with van der Waals surface area (Å²) in [7, 11) is 0. The molecule has 0 saturated heterocycles. The van der Waals surface area contributed by atoms with Gasteiger partial charge >= 0.3 is 0 Å². The second kappa shape index (κ2) is 6.13. The number of aliphatic hydroxyl groups is 1. The summed E-state index contributed by atoms with van der Waals surface area (Å²) in [4.78, 5) is 17.0. The number of furan rings is 1. The molecular formula is C15H18N4O3S. The van der Waals surface area contributed by atoms with E-state index in [1.807, 2.05) is 6.92 Å². The van der Waals surface area contributed by atoms with E-state index in [4.69, 9.17) is 4.42 Å². The topological polar surface area (TPSA) is 92.7 Å². The molecule has 7 nitrogen and oxygen atoms in total. The lowest BCUT2D eigenvalue weighted by Gasteiger charge is -2.20. The molecule has 0 aromatic carbocycles. The average molecular weight is 334 g/mol. The highest BCUT2D eigenvalue weighted by Crippen LogP contribution is 2.23. The van der Waals surface area contributed by atoms with E-state index in [1.54, 1.807) is 19.1 Å². The Balaban J connectivity index is 1.81. The van der Waals surface area contributed by atoms with E-state index in [9.17, 15) is 9.90 Å². The highest BCUT2D eigenvalue weighted by atomic mass is 32.1. The maximum atomic E-state index is 12.1. The van der Waals surface area contributed by atoms with Gasteiger partial charge in [0.1, 0.15) is 11.4 Å². The molecule has 1 atom stereocenters. The van der Waals surface area contributed by atoms with Crippen LogP contribution in [0.2, 0.25) is 0 Å². The lowest BCUT2D eigenvalue weighted by molar-refractivity contribution is 0.0476. The van der Waals surface area contributed by atoms with Gasteiger partial charge in [0.2, 0.25) is 10.1 Å². The van der Waals surface area contributed by atoms with E-state index >= 15 is 0 Å². The predicted molar refractivity (Wildman–Crippen MR) is 87.9 cm³/mol. The number of nitrogens with zero attached hydrogens (tertiary/aromatic N) is 3. The van der Waals surface area contributed by atoms with Gasteiger partial charge in [0.15, 0.2) is 0 Å². The number of hydrogen-bond donors (Lipinski definition) is 2. The summed E-state index contributed by atoms with van der Waals surface area (Å²) < 4.78 is 6.50. The third-order valence-electron chi connectivity index (χ3n) is 3.44. The van der Waals surface area contributed by atoms with Crippen LogP contribution >= 0.6 is 11.3 Å². The van der Waals surface area contributed by atoms with E-state index < -0.39 is 5.60 Å². The molecule has 0 spiro atoms. The zero-order valence-corrected chi connectivity index (χ0v) is 13.8. The minimum absolute atomic E-state index is 0.194. The molecule has 0 amide bonds. The number of anilines is 1. The van der Waals surface area contributed by atoms with Crippen molar-refractivity contribution < 1.29 is 9.52 Å². The summed E-state index contributed by atoms with van der Waals surface area (Å²) in [5, 5.41) is 18.2. The first kappa shape index (κ1) is 15.7. The summed E-state index contributed by atoms with van der Waals surface area (Å²) >= 11 is 1.28. The van der Waals surface area contributed by atoms with Crippen molar-refractivity contribution in [3.8, 4) is 0 Å². The first-order chi connectivity index (χ1) is 11.0. The van der Waals surface area contributed by atoms with Crippen LogP contribution in [-0.2, 0) is 12.0 Å². The number of aryl methyl sites for hydroxylation is 1. The van der Waals surface area contributed by atoms with Crippen molar-refractivity contribution in [2.24, 2.45) is 0 Å². The monoisotopic (exact) mass is 334 g/mol. The Labute approximate surface area is 136 Å². The van der Waals surface area contributed by atoms with Gasteiger partial charge in [-0.05, 0) is 25.5 Å². The van der Waals surface area contributed by atoms with Crippen molar-refractivity contribution in [1.29, 1.82) is 0 Å². The average Bonchev–Trinajstić information content (AvgIpc) is 3.15. The number of fused-ring (bicyclic) bond motifs is 1. The van der Waals surface area contributed by atoms with Gasteiger partial charge < -0.3 is 14.8 Å². The Bertz CT molecular complexity index is 851. The summed E-state index contributed by atoms with van der Waals surface area (Å²) in [6.45, 7) is 3.90. The van der Waals surface area contributed by atoms with Gasteiger partial charge in [-0.1, -0.05) is 24.7 Å². The third-order valence-corrected chi connectivity index (χ3v) is 4.31. The Hall–Kier alpha value is -2.19. The van der Waals surface area contributed by atoms with Gasteiger partial charge in [-0.2, -0.15) is 4.52 Å². The highest BCUT2D eigenvalue weighted by molar-refractivity contribution is 7.20. The van der Waals surface area contributed by atoms with Gasteiger partial charge in [0, 0.05) is 11.8 Å². The van der Waals surface area contributed by atoms with Gasteiger partial charge in [-0.15, -0.1) is 5.10 Å². The van der Waals surface area contributed by atoms with Crippen molar-refractivity contribution >= 4 is 21.4 Å². The Morgan fingerprint density at radius 1 is 1.52 bits per heavy atom. The fraction of sp³-hybridized carbons (Fsp3) is 0.400. The van der Waals surface area contributed by atoms with Crippen molar-refractivity contribution in [2.45, 2.75) is 32.3 Å². The molecule has 0 bridgehead atoms. The fourth-order valence-corrected chi connectivity index (χ4v) is 3.05. The highest BCUT2D eigenvalue weighted by Gasteiger charge is 2.26.